The average molecular weight is 1100 g/mol. The zero-order chi connectivity index (χ0) is 57.4. The molecule has 0 aliphatic heterocycles. The molecule has 0 saturated carbocycles. The summed E-state index contributed by atoms with van der Waals surface area (Å²) in [5, 5.41) is 2.47. The lowest BCUT2D eigenvalue weighted by Gasteiger charge is -2.34. The van der Waals surface area contributed by atoms with Crippen molar-refractivity contribution in [3.63, 3.8) is 0 Å². The highest BCUT2D eigenvalue weighted by Crippen LogP contribution is 2.56. The molecule has 0 atom stereocenters. The molecule has 1 aliphatic carbocycles. The van der Waals surface area contributed by atoms with E-state index < -0.39 is 0 Å². The molecule has 85 heavy (non-hydrogen) atoms. The zero-order valence-electron chi connectivity index (χ0n) is 49.7. The number of benzene rings is 11. The van der Waals surface area contributed by atoms with Gasteiger partial charge in [-0.05, 0) is 170 Å². The van der Waals surface area contributed by atoms with Gasteiger partial charge in [-0.2, -0.15) is 0 Å². The first-order valence-corrected chi connectivity index (χ1v) is 31.8. The molecular weight excluding hydrogens is 1020 g/mol. The molecule has 13 rings (SSSR count). The summed E-state index contributed by atoms with van der Waals surface area (Å²) in [7, 11) is 0. The molecule has 11 aromatic carbocycles. The third kappa shape index (κ3) is 11.4. The van der Waals surface area contributed by atoms with E-state index in [1.807, 2.05) is 0 Å². The third-order valence-electron chi connectivity index (χ3n) is 18.4. The molecule has 0 amide bonds. The number of hydrogen-bond acceptors (Lipinski definition) is 1. The number of unbranched alkanes of at least 4 members (excludes halogenated alkanes) is 10. The number of fused-ring (bicyclic) bond motifs is 6. The van der Waals surface area contributed by atoms with Crippen molar-refractivity contribution in [1.82, 2.24) is 4.57 Å². The van der Waals surface area contributed by atoms with Gasteiger partial charge in [-0.3, -0.25) is 0 Å². The summed E-state index contributed by atoms with van der Waals surface area (Å²) < 4.78 is 2.49. The number of rotatable bonds is 23. The van der Waals surface area contributed by atoms with Crippen LogP contribution in [0.3, 0.4) is 0 Å². The largest absolute Gasteiger partial charge is 0.310 e. The fraction of sp³-hybridized carbons (Fsp3) is 0.205. The Kier molecular flexibility index (Phi) is 16.6. The van der Waals surface area contributed by atoms with Gasteiger partial charge in [0.2, 0.25) is 0 Å². The Labute approximate surface area is 505 Å². The number of anilines is 3. The van der Waals surface area contributed by atoms with Crippen molar-refractivity contribution < 1.29 is 0 Å². The third-order valence-corrected chi connectivity index (χ3v) is 18.4. The molecule has 0 saturated heterocycles. The predicted molar refractivity (Wildman–Crippen MR) is 365 cm³/mol. The van der Waals surface area contributed by atoms with Gasteiger partial charge >= 0.3 is 0 Å². The van der Waals surface area contributed by atoms with Crippen LogP contribution in [0.5, 0.6) is 0 Å². The maximum atomic E-state index is 2.61. The number of nitrogens with zero attached hydrogens (tertiary/aromatic N) is 2. The molecule has 1 heterocycles. The van der Waals surface area contributed by atoms with E-state index in [0.29, 0.717) is 0 Å². The van der Waals surface area contributed by atoms with Crippen LogP contribution in [0.15, 0.2) is 267 Å². The lowest BCUT2D eigenvalue weighted by Crippen LogP contribution is -2.26. The Hall–Kier alpha value is -8.98. The van der Waals surface area contributed by atoms with Crippen molar-refractivity contribution >= 4 is 38.9 Å². The molecule has 1 aliphatic rings. The van der Waals surface area contributed by atoms with Crippen molar-refractivity contribution in [2.24, 2.45) is 0 Å². The summed E-state index contributed by atoms with van der Waals surface area (Å²) in [4.78, 5) is 2.51. The van der Waals surface area contributed by atoms with Gasteiger partial charge in [0.25, 0.3) is 0 Å². The SMILES string of the molecule is CCCCCCCCC1(CCCCCCCC)c2ccccc2-c2ccc(N(c3ccc(-c4ccccc4)cc3)c3ccc(-c4cc(-c5ccccc5)cc(-n5c6ccc(-c7ccccc7)cc6c6cc(-c7ccccc7)ccc65)c4)cc3)cc21. The van der Waals surface area contributed by atoms with Crippen molar-refractivity contribution in [1.29, 1.82) is 0 Å². The first-order chi connectivity index (χ1) is 42.1. The van der Waals surface area contributed by atoms with E-state index in [9.17, 15) is 0 Å². The molecule has 0 bridgehead atoms. The van der Waals surface area contributed by atoms with Crippen LogP contribution in [-0.4, -0.2) is 4.57 Å². The van der Waals surface area contributed by atoms with Gasteiger partial charge in [-0.1, -0.05) is 279 Å². The topological polar surface area (TPSA) is 8.17 Å². The Bertz CT molecular complexity index is 4060. The maximum Gasteiger partial charge on any atom is 0.0541 e. The number of hydrogen-bond donors (Lipinski definition) is 0. The van der Waals surface area contributed by atoms with Gasteiger partial charge in [0.05, 0.1) is 11.0 Å². The lowest BCUT2D eigenvalue weighted by molar-refractivity contribution is 0.398. The van der Waals surface area contributed by atoms with Gasteiger partial charge < -0.3 is 9.47 Å². The lowest BCUT2D eigenvalue weighted by atomic mass is 9.70. The zero-order valence-corrected chi connectivity index (χ0v) is 49.7. The summed E-state index contributed by atoms with van der Waals surface area (Å²) in [6, 6.07) is 100.0. The van der Waals surface area contributed by atoms with Crippen molar-refractivity contribution in [2.75, 3.05) is 4.90 Å². The molecule has 12 aromatic rings. The van der Waals surface area contributed by atoms with E-state index in [0.717, 1.165) is 17.1 Å². The molecule has 0 fully saturated rings. The summed E-state index contributed by atoms with van der Waals surface area (Å²) in [6.45, 7) is 4.65. The first kappa shape index (κ1) is 55.2. The smallest absolute Gasteiger partial charge is 0.0541 e. The van der Waals surface area contributed by atoms with Gasteiger partial charge in [-0.15, -0.1) is 0 Å². The first-order valence-electron chi connectivity index (χ1n) is 31.8. The van der Waals surface area contributed by atoms with Crippen LogP contribution in [0.1, 0.15) is 115 Å². The Balaban J connectivity index is 0.930. The van der Waals surface area contributed by atoms with Gasteiger partial charge in [0.15, 0.2) is 0 Å². The highest BCUT2D eigenvalue weighted by Gasteiger charge is 2.42. The molecule has 420 valence electrons. The van der Waals surface area contributed by atoms with E-state index in [-0.39, 0.29) is 5.41 Å². The highest BCUT2D eigenvalue weighted by atomic mass is 15.1. The predicted octanol–water partition coefficient (Wildman–Crippen LogP) is 24.4. The Morgan fingerprint density at radius 2 is 0.659 bits per heavy atom. The van der Waals surface area contributed by atoms with Crippen LogP contribution in [0.25, 0.3) is 94.3 Å². The minimum atomic E-state index is -0.0314. The Morgan fingerprint density at radius 3 is 1.15 bits per heavy atom. The second-order valence-electron chi connectivity index (χ2n) is 23.9. The normalized spacial score (nSPS) is 12.4. The van der Waals surface area contributed by atoms with Crippen LogP contribution >= 0.6 is 0 Å². The molecule has 2 nitrogen and oxygen atoms in total. The molecule has 2 heteroatoms. The van der Waals surface area contributed by atoms with Crippen molar-refractivity contribution in [3.05, 3.63) is 278 Å². The fourth-order valence-electron chi connectivity index (χ4n) is 14.0. The monoisotopic (exact) mass is 1100 g/mol. The Morgan fingerprint density at radius 1 is 0.282 bits per heavy atom. The van der Waals surface area contributed by atoms with E-state index in [4.69, 9.17) is 0 Å². The van der Waals surface area contributed by atoms with E-state index in [1.54, 1.807) is 5.56 Å². The summed E-state index contributed by atoms with van der Waals surface area (Å²) >= 11 is 0. The van der Waals surface area contributed by atoms with Gasteiger partial charge in [0.1, 0.15) is 0 Å². The second kappa shape index (κ2) is 25.5. The van der Waals surface area contributed by atoms with Crippen molar-refractivity contribution in [3.8, 4) is 72.4 Å². The molecule has 0 N–H and O–H groups in total. The van der Waals surface area contributed by atoms with Crippen LogP contribution in [0, 0.1) is 0 Å². The second-order valence-corrected chi connectivity index (χ2v) is 23.9. The minimum absolute atomic E-state index is 0.0314. The molecule has 0 unspecified atom stereocenters. The van der Waals surface area contributed by atoms with Gasteiger partial charge in [0, 0.05) is 38.9 Å². The maximum absolute atomic E-state index is 2.61. The standard InChI is InChI=1S/C83H78N2/c1-3-5-7-9-11-27-53-83(54-28-12-10-8-6-4-2)79-38-26-25-37-75(79)76-50-49-73(60-80(76)83)84(71-45-39-65(40-46-71)61-29-17-13-18-30-61)72-47-41-66(42-48-72)70-55-69(64-35-23-16-24-36-64)56-74(57-70)85-81-51-43-67(62-31-19-14-20-32-62)58-77(81)78-59-68(44-52-82(78)85)63-33-21-15-22-34-63/h13-26,29-52,55-60H,3-12,27-28,53-54H2,1-2H3. The van der Waals surface area contributed by atoms with Crippen LogP contribution < -0.4 is 4.90 Å². The number of aromatic nitrogens is 1. The fourth-order valence-corrected chi connectivity index (χ4v) is 14.0. The van der Waals surface area contributed by atoms with Crippen molar-refractivity contribution in [2.45, 2.75) is 109 Å². The summed E-state index contributed by atoms with van der Waals surface area (Å²) in [6.07, 6.45) is 18.0. The molecule has 1 aromatic heterocycles. The van der Waals surface area contributed by atoms with E-state index in [1.165, 1.54) is 190 Å². The molecular formula is C83H78N2. The highest BCUT2D eigenvalue weighted by molar-refractivity contribution is 6.12. The summed E-state index contributed by atoms with van der Waals surface area (Å²) in [5.74, 6) is 0. The molecule has 0 radical (unpaired) electrons. The average Bonchev–Trinajstić information content (AvgIpc) is 1.82. The van der Waals surface area contributed by atoms with Gasteiger partial charge in [-0.25, -0.2) is 0 Å². The van der Waals surface area contributed by atoms with Crippen LogP contribution in [-0.2, 0) is 5.41 Å². The van der Waals surface area contributed by atoms with Crippen LogP contribution in [0.2, 0.25) is 0 Å². The quantitative estimate of drug-likeness (QED) is 0.0580. The minimum Gasteiger partial charge on any atom is -0.310 e. The van der Waals surface area contributed by atoms with Crippen LogP contribution in [0.4, 0.5) is 17.1 Å². The molecule has 0 spiro atoms. The van der Waals surface area contributed by atoms with E-state index >= 15 is 0 Å². The van der Waals surface area contributed by atoms with E-state index in [2.05, 4.69) is 290 Å². The summed E-state index contributed by atoms with van der Waals surface area (Å²) in [5.41, 5.74) is 24.8.